The monoisotopic (exact) mass is 1590 g/mol. The van der Waals surface area contributed by atoms with E-state index in [0.717, 1.165) is 37.6 Å². The summed E-state index contributed by atoms with van der Waals surface area (Å²) in [4.78, 5) is 23.1. The SMILES string of the molecule is Brc1ccc(Br)cc1.C.CC(C)c1ccc(C(=O)O)cc1.CCCCCC[Si](C)(C)Cl.CCCCCC[Si](C)(C)c1ccc(Br)cc1.CCCCCC[Si](C)(C)c1ccc(C(=O)Oc2ccc(-c3ccc(C#N)cc3)cc2)cc1.N#Cc1ccc(-c2ccc(O)cc2)cc1.[CH2-]CCC.[Li+]. The molecule has 0 fully saturated rings. The summed E-state index contributed by atoms with van der Waals surface area (Å²) in [5.74, 6) is 0.0118. The van der Waals surface area contributed by atoms with Crippen molar-refractivity contribution in [1.29, 1.82) is 10.5 Å². The van der Waals surface area contributed by atoms with Crippen molar-refractivity contribution in [3.8, 4) is 45.9 Å². The number of nitriles is 2. The summed E-state index contributed by atoms with van der Waals surface area (Å²) in [6, 6.07) is 69.3. The van der Waals surface area contributed by atoms with Gasteiger partial charge in [-0.25, -0.2) is 9.59 Å². The van der Waals surface area contributed by atoms with Gasteiger partial charge in [0.05, 0.1) is 50.5 Å². The number of carbonyl (C=O) groups excluding carboxylic acids is 1. The van der Waals surface area contributed by atoms with Crippen LogP contribution in [0.15, 0.2) is 208 Å². The van der Waals surface area contributed by atoms with Crippen LogP contribution in [0.5, 0.6) is 11.5 Å². The first-order valence-electron chi connectivity index (χ1n) is 34.4. The number of aromatic hydroxyl groups is 1. The van der Waals surface area contributed by atoms with E-state index < -0.39 is 29.5 Å². The van der Waals surface area contributed by atoms with Gasteiger partial charge in [-0.1, -0.05) is 327 Å². The first-order valence-corrected chi connectivity index (χ1v) is 47.4. The number of aromatic carboxylic acids is 1. The summed E-state index contributed by atoms with van der Waals surface area (Å²) in [5.41, 5.74) is 7.44. The predicted octanol–water partition coefficient (Wildman–Crippen LogP) is 23.8. The number of carbonyl (C=O) groups is 2. The van der Waals surface area contributed by atoms with Gasteiger partial charge in [-0.3, -0.25) is 0 Å². The Morgan fingerprint density at radius 1 is 0.475 bits per heavy atom. The molecular weight excluding hydrogens is 1480 g/mol. The average molecular weight is 1600 g/mol. The van der Waals surface area contributed by atoms with Crippen LogP contribution in [0.25, 0.3) is 22.3 Å². The van der Waals surface area contributed by atoms with E-state index in [1.807, 2.05) is 97.1 Å². The largest absolute Gasteiger partial charge is 1.00 e. The van der Waals surface area contributed by atoms with Crippen LogP contribution in [-0.2, 0) is 0 Å². The third-order valence-electron chi connectivity index (χ3n) is 16.1. The molecule has 0 aromatic heterocycles. The number of hydrogen-bond donors (Lipinski definition) is 2. The smallest absolute Gasteiger partial charge is 0.508 e. The van der Waals surface area contributed by atoms with Crippen molar-refractivity contribution in [1.82, 2.24) is 0 Å². The van der Waals surface area contributed by atoms with Crippen molar-refractivity contribution < 1.29 is 43.4 Å². The fraction of sp³-hybridized carbons (Fsp3) is 0.369. The zero-order valence-corrected chi connectivity index (χ0v) is 69.3. The molecular formula is C84H111Br3ClLiN2O5Si3. The standard InChI is InChI=1S/C28H31NO2Si.C14H23BrSi.C13H9NO.C10H12O2.C8H19ClSi.C6H4Br2.C4H9.CH4.Li/c1-4-5-6-7-20-32(2,3)27-18-14-25(15-19-27)28(30)31-26-16-12-24(13-17-26)23-10-8-22(21-29)9-11-23;1-4-5-6-7-12-16(2,3)14-10-8-13(15)9-11-14;14-9-10-1-3-11(4-2-10)12-5-7-13(15)8-6-12;1-7(2)8-3-5-9(6-4-8)10(11)12;1-4-5-6-7-8-10(2,3)9;7-5-1-2-6(8)4-3-5;1-3-4-2;;/h8-19H,4-7,20H2,1-3H3;8-11H,4-7,12H2,1-3H3;1-8,15H;3-7H,1-2H3,(H,11,12);4-8H2,1-3H3;1-4H;1,3-4H2,2H3;1H4;/q;;;;;;-1;;+1. The summed E-state index contributed by atoms with van der Waals surface area (Å²) in [5, 5.41) is 38.3. The van der Waals surface area contributed by atoms with Crippen LogP contribution in [0.3, 0.4) is 0 Å². The zero-order chi connectivity index (χ0) is 72.2. The summed E-state index contributed by atoms with van der Waals surface area (Å²) in [7, 11) is -3.88. The van der Waals surface area contributed by atoms with Gasteiger partial charge in [-0.15, -0.1) is 0 Å². The minimum atomic E-state index is -1.48. The summed E-state index contributed by atoms with van der Waals surface area (Å²) in [6.07, 6.45) is 18.4. The molecule has 15 heteroatoms. The summed E-state index contributed by atoms with van der Waals surface area (Å²) < 4.78 is 8.99. The van der Waals surface area contributed by atoms with Gasteiger partial charge in [0.15, 0.2) is 0 Å². The Balaban J connectivity index is 0.00000122. The maximum Gasteiger partial charge on any atom is 1.00 e. The van der Waals surface area contributed by atoms with Gasteiger partial charge in [0, 0.05) is 13.4 Å². The number of carboxylic acids is 1. The number of carboxylic acid groups (broad SMARTS) is 1. The minimum Gasteiger partial charge on any atom is -0.508 e. The number of nitrogens with zero attached hydrogens (tertiary/aromatic N) is 2. The molecule has 0 aliphatic carbocycles. The molecule has 0 saturated carbocycles. The molecule has 8 aromatic carbocycles. The molecule has 2 N–H and O–H groups in total. The van der Waals surface area contributed by atoms with Crippen LogP contribution >= 0.6 is 58.9 Å². The van der Waals surface area contributed by atoms with E-state index in [9.17, 15) is 9.59 Å². The Kier molecular flexibility index (Phi) is 49.5. The van der Waals surface area contributed by atoms with E-state index in [-0.39, 0.29) is 38.0 Å². The molecule has 8 aromatic rings. The Labute approximate surface area is 643 Å². The summed E-state index contributed by atoms with van der Waals surface area (Å²) in [6.45, 7) is 30.9. The third kappa shape index (κ3) is 40.6. The number of halogens is 4. The van der Waals surface area contributed by atoms with Gasteiger partial charge in [0.2, 0.25) is 0 Å². The van der Waals surface area contributed by atoms with Crippen molar-refractivity contribution >= 4 is 105 Å². The van der Waals surface area contributed by atoms with E-state index in [1.165, 1.54) is 117 Å². The third-order valence-corrected chi connectivity index (χ3v) is 26.8. The molecule has 7 nitrogen and oxygen atoms in total. The van der Waals surface area contributed by atoms with Crippen molar-refractivity contribution in [2.24, 2.45) is 0 Å². The van der Waals surface area contributed by atoms with Gasteiger partial charge < -0.3 is 21.9 Å². The fourth-order valence-electron chi connectivity index (χ4n) is 9.66. The van der Waals surface area contributed by atoms with Crippen LogP contribution in [0.2, 0.25) is 57.4 Å². The zero-order valence-electron chi connectivity index (χ0n) is 60.8. The van der Waals surface area contributed by atoms with Gasteiger partial charge in [-0.2, -0.15) is 28.0 Å². The van der Waals surface area contributed by atoms with Crippen molar-refractivity contribution in [2.45, 2.75) is 202 Å². The number of rotatable bonds is 24. The number of benzene rings is 8. The molecule has 0 bridgehead atoms. The fourth-order valence-corrected chi connectivity index (χ4v) is 16.9. The quantitative estimate of drug-likeness (QED) is 0.0154. The van der Waals surface area contributed by atoms with Gasteiger partial charge in [0.1, 0.15) is 18.9 Å². The van der Waals surface area contributed by atoms with Gasteiger partial charge in [-0.05, 0) is 149 Å². The van der Waals surface area contributed by atoms with E-state index in [0.29, 0.717) is 33.9 Å². The number of phenolic OH excluding ortho intramolecular Hbond substituents is 1. The summed E-state index contributed by atoms with van der Waals surface area (Å²) >= 11 is 16.3. The van der Waals surface area contributed by atoms with Crippen molar-refractivity contribution in [3.05, 3.63) is 242 Å². The number of hydrogen-bond acceptors (Lipinski definition) is 6. The van der Waals surface area contributed by atoms with Crippen LogP contribution in [0, 0.1) is 29.6 Å². The first-order chi connectivity index (χ1) is 46.1. The Bertz CT molecular complexity index is 3500. The van der Waals surface area contributed by atoms with Crippen LogP contribution in [-0.4, -0.2) is 45.7 Å². The maximum atomic E-state index is 12.6. The molecule has 0 amide bonds. The van der Waals surface area contributed by atoms with Crippen molar-refractivity contribution in [3.63, 3.8) is 0 Å². The molecule has 0 aliphatic heterocycles. The molecule has 0 atom stereocenters. The second kappa shape index (κ2) is 52.4. The second-order valence-electron chi connectivity index (χ2n) is 26.2. The van der Waals surface area contributed by atoms with Crippen LogP contribution < -0.4 is 34.0 Å². The maximum absolute atomic E-state index is 12.6. The second-order valence-corrected chi connectivity index (χ2v) is 45.7. The van der Waals surface area contributed by atoms with E-state index in [1.54, 1.807) is 65.9 Å². The predicted molar refractivity (Wildman–Crippen MR) is 441 cm³/mol. The molecule has 99 heavy (non-hydrogen) atoms. The van der Waals surface area contributed by atoms with Crippen LogP contribution in [0.4, 0.5) is 0 Å². The molecule has 0 saturated heterocycles. The minimum absolute atomic E-state index is 0. The Morgan fingerprint density at radius 2 is 0.788 bits per heavy atom. The molecule has 0 radical (unpaired) electrons. The van der Waals surface area contributed by atoms with E-state index in [2.05, 4.69) is 184 Å². The molecule has 528 valence electrons. The topological polar surface area (TPSA) is 131 Å². The number of unbranched alkanes of at least 4 members (excludes halogenated alkanes) is 10. The number of ether oxygens (including phenoxy) is 1. The number of phenols is 1. The molecule has 0 unspecified atom stereocenters. The molecule has 8 rings (SSSR count). The average Bonchev–Trinajstić information content (AvgIpc) is 0.883. The van der Waals surface area contributed by atoms with Crippen LogP contribution in [0.1, 0.15) is 182 Å². The van der Waals surface area contributed by atoms with Gasteiger partial charge >= 0.3 is 30.8 Å². The molecule has 0 spiro atoms. The first kappa shape index (κ1) is 93.5. The van der Waals surface area contributed by atoms with E-state index in [4.69, 9.17) is 36.6 Å². The number of esters is 1. The molecule has 0 aliphatic rings. The normalized spacial score (nSPS) is 10.4. The Hall–Kier alpha value is -5.54. The van der Waals surface area contributed by atoms with Gasteiger partial charge in [0.25, 0.3) is 0 Å². The molecule has 0 heterocycles. The Morgan fingerprint density at radius 3 is 1.10 bits per heavy atom. The van der Waals surface area contributed by atoms with Crippen molar-refractivity contribution in [2.75, 3.05) is 0 Å². The van der Waals surface area contributed by atoms with E-state index >= 15 is 0 Å².